The molecule has 164 valence electrons. The van der Waals surface area contributed by atoms with Gasteiger partial charge in [0.05, 0.1) is 11.3 Å². The molecule has 4 nitrogen and oxygen atoms in total. The molecule has 5 rings (SSSR count). The van der Waals surface area contributed by atoms with Crippen molar-refractivity contribution in [3.63, 3.8) is 0 Å². The van der Waals surface area contributed by atoms with Crippen molar-refractivity contribution < 1.29 is 4.42 Å². The first kappa shape index (κ1) is 21.2. The maximum absolute atomic E-state index is 12.8. The third-order valence-corrected chi connectivity index (χ3v) is 6.75. The molecular weight excluding hydrogens is 428 g/mol. The lowest BCUT2D eigenvalue weighted by molar-refractivity contribution is 0.563. The maximum Gasteiger partial charge on any atom is 0.346 e. The van der Waals surface area contributed by atoms with E-state index in [1.807, 2.05) is 41.8 Å². The number of hydrogen-bond donors (Lipinski definition) is 0. The normalized spacial score (nSPS) is 11.1. The summed E-state index contributed by atoms with van der Waals surface area (Å²) in [5.74, 6) is 0. The van der Waals surface area contributed by atoms with E-state index < -0.39 is 0 Å². The zero-order valence-electron chi connectivity index (χ0n) is 18.6. The Morgan fingerprint density at radius 2 is 1.55 bits per heavy atom. The first-order valence-corrected chi connectivity index (χ1v) is 12.0. The number of anilines is 1. The van der Waals surface area contributed by atoms with Crippen molar-refractivity contribution in [1.82, 2.24) is 4.98 Å². The number of nitrogens with zero attached hydrogens (tertiary/aromatic N) is 2. The van der Waals surface area contributed by atoms with E-state index in [2.05, 4.69) is 61.2 Å². The Labute approximate surface area is 196 Å². The number of fused-ring (bicyclic) bond motifs is 1. The lowest BCUT2D eigenvalue weighted by Gasteiger charge is -2.20. The molecule has 3 aromatic carbocycles. The van der Waals surface area contributed by atoms with Crippen LogP contribution in [0.2, 0.25) is 0 Å². The molecule has 0 radical (unpaired) electrons. The predicted octanol–water partition coefficient (Wildman–Crippen LogP) is 7.10. The van der Waals surface area contributed by atoms with E-state index in [1.165, 1.54) is 16.9 Å². The van der Waals surface area contributed by atoms with Gasteiger partial charge in [0.1, 0.15) is 10.6 Å². The molecule has 0 spiro atoms. The Kier molecular flexibility index (Phi) is 5.80. The molecule has 0 bridgehead atoms. The van der Waals surface area contributed by atoms with Gasteiger partial charge < -0.3 is 9.32 Å². The van der Waals surface area contributed by atoms with Gasteiger partial charge in [-0.1, -0.05) is 54.6 Å². The largest absolute Gasteiger partial charge is 0.422 e. The smallest absolute Gasteiger partial charge is 0.346 e. The summed E-state index contributed by atoms with van der Waals surface area (Å²) in [6, 6.07) is 26.5. The Hall–Kier alpha value is -3.70. The van der Waals surface area contributed by atoms with Crippen molar-refractivity contribution in [3.05, 3.63) is 94.7 Å². The fourth-order valence-corrected chi connectivity index (χ4v) is 4.86. The minimum Gasteiger partial charge on any atom is -0.422 e. The second-order valence-electron chi connectivity index (χ2n) is 7.82. The molecule has 0 aliphatic heterocycles. The van der Waals surface area contributed by atoms with E-state index in [4.69, 9.17) is 9.40 Å². The molecular formula is C28H24N2O2S. The summed E-state index contributed by atoms with van der Waals surface area (Å²) in [6.45, 7) is 6.03. The average molecular weight is 453 g/mol. The average Bonchev–Trinajstić information content (AvgIpc) is 3.35. The van der Waals surface area contributed by atoms with Gasteiger partial charge in [-0.2, -0.15) is 0 Å². The van der Waals surface area contributed by atoms with Crippen LogP contribution in [0.3, 0.4) is 0 Å². The van der Waals surface area contributed by atoms with Crippen molar-refractivity contribution in [3.8, 4) is 33.0 Å². The number of aromatic nitrogens is 1. The van der Waals surface area contributed by atoms with Crippen molar-refractivity contribution in [1.29, 1.82) is 0 Å². The molecule has 5 aromatic rings. The number of thiazole rings is 1. The van der Waals surface area contributed by atoms with Crippen LogP contribution in [-0.4, -0.2) is 18.1 Å². The molecule has 0 unspecified atom stereocenters. The highest BCUT2D eigenvalue weighted by Gasteiger charge is 2.14. The summed E-state index contributed by atoms with van der Waals surface area (Å²) in [5.41, 5.74) is 6.00. The van der Waals surface area contributed by atoms with Crippen LogP contribution in [0.1, 0.15) is 13.8 Å². The van der Waals surface area contributed by atoms with Crippen LogP contribution in [0, 0.1) is 0 Å². The predicted molar refractivity (Wildman–Crippen MR) is 138 cm³/mol. The molecule has 0 saturated carbocycles. The summed E-state index contributed by atoms with van der Waals surface area (Å²) in [7, 11) is 0. The van der Waals surface area contributed by atoms with Crippen LogP contribution >= 0.6 is 11.3 Å². The van der Waals surface area contributed by atoms with Crippen molar-refractivity contribution in [2.24, 2.45) is 0 Å². The van der Waals surface area contributed by atoms with Gasteiger partial charge >= 0.3 is 5.63 Å². The Morgan fingerprint density at radius 3 is 2.27 bits per heavy atom. The monoisotopic (exact) mass is 452 g/mol. The van der Waals surface area contributed by atoms with E-state index in [0.29, 0.717) is 16.2 Å². The van der Waals surface area contributed by atoms with Crippen LogP contribution in [0.4, 0.5) is 5.69 Å². The fourth-order valence-electron chi connectivity index (χ4n) is 4.03. The SMILES string of the molecule is CCN(CC)c1ccc2cc(-c3nc(-c4ccc(-c5ccccc5)cc4)cs3)c(=O)oc2c1. The number of hydrogen-bond acceptors (Lipinski definition) is 5. The quantitative estimate of drug-likeness (QED) is 0.258. The summed E-state index contributed by atoms with van der Waals surface area (Å²) in [6.07, 6.45) is 0. The van der Waals surface area contributed by atoms with Crippen LogP contribution in [0.25, 0.3) is 43.9 Å². The third kappa shape index (κ3) is 4.20. The molecule has 2 aromatic heterocycles. The molecule has 0 amide bonds. The summed E-state index contributed by atoms with van der Waals surface area (Å²) < 4.78 is 5.69. The lowest BCUT2D eigenvalue weighted by atomic mass is 10.0. The number of rotatable bonds is 6. The highest BCUT2D eigenvalue weighted by atomic mass is 32.1. The zero-order valence-corrected chi connectivity index (χ0v) is 19.4. The molecule has 0 aliphatic rings. The second kappa shape index (κ2) is 9.04. The van der Waals surface area contributed by atoms with E-state index >= 15 is 0 Å². The molecule has 33 heavy (non-hydrogen) atoms. The molecule has 0 atom stereocenters. The van der Waals surface area contributed by atoms with E-state index in [1.54, 1.807) is 0 Å². The van der Waals surface area contributed by atoms with Crippen molar-refractivity contribution in [2.45, 2.75) is 13.8 Å². The van der Waals surface area contributed by atoms with Crippen LogP contribution in [0.5, 0.6) is 0 Å². The van der Waals surface area contributed by atoms with Crippen LogP contribution in [-0.2, 0) is 0 Å². The van der Waals surface area contributed by atoms with Gasteiger partial charge in [-0.05, 0) is 43.2 Å². The first-order chi connectivity index (χ1) is 16.2. The van der Waals surface area contributed by atoms with Gasteiger partial charge in [0.25, 0.3) is 0 Å². The third-order valence-electron chi connectivity index (χ3n) is 5.87. The molecule has 2 heterocycles. The fraction of sp³-hybridized carbons (Fsp3) is 0.143. The van der Waals surface area contributed by atoms with Gasteiger partial charge in [0.15, 0.2) is 0 Å². The summed E-state index contributed by atoms with van der Waals surface area (Å²) >= 11 is 1.46. The zero-order chi connectivity index (χ0) is 22.8. The van der Waals surface area contributed by atoms with Gasteiger partial charge in [0.2, 0.25) is 0 Å². The molecule has 0 aliphatic carbocycles. The molecule has 0 fully saturated rings. The Balaban J connectivity index is 1.45. The Morgan fingerprint density at radius 1 is 0.848 bits per heavy atom. The molecule has 0 N–H and O–H groups in total. The molecule has 0 saturated heterocycles. The topological polar surface area (TPSA) is 46.3 Å². The van der Waals surface area contributed by atoms with Crippen LogP contribution < -0.4 is 10.5 Å². The first-order valence-electron chi connectivity index (χ1n) is 11.1. The molecule has 5 heteroatoms. The minimum absolute atomic E-state index is 0.362. The second-order valence-corrected chi connectivity index (χ2v) is 8.68. The standard InChI is InChI=1S/C28H24N2O2S/c1-3-30(4-2)23-15-14-22-16-24(28(31)32-26(22)17-23)27-29-25(18-33-27)21-12-10-20(11-13-21)19-8-6-5-7-9-19/h5-18H,3-4H2,1-2H3. The lowest BCUT2D eigenvalue weighted by Crippen LogP contribution is -2.21. The van der Waals surface area contributed by atoms with Gasteiger partial charge in [-0.3, -0.25) is 0 Å². The van der Waals surface area contributed by atoms with Gasteiger partial charge in [-0.25, -0.2) is 9.78 Å². The Bertz CT molecular complexity index is 1450. The van der Waals surface area contributed by atoms with Crippen LogP contribution in [0.15, 0.2) is 93.5 Å². The van der Waals surface area contributed by atoms with Gasteiger partial charge in [-0.15, -0.1) is 11.3 Å². The van der Waals surface area contributed by atoms with E-state index in [0.717, 1.165) is 41.0 Å². The van der Waals surface area contributed by atoms with E-state index in [-0.39, 0.29) is 5.63 Å². The highest BCUT2D eigenvalue weighted by molar-refractivity contribution is 7.13. The summed E-state index contributed by atoms with van der Waals surface area (Å²) in [5, 5.41) is 3.55. The van der Waals surface area contributed by atoms with E-state index in [9.17, 15) is 4.79 Å². The maximum atomic E-state index is 12.8. The summed E-state index contributed by atoms with van der Waals surface area (Å²) in [4.78, 5) is 19.8. The minimum atomic E-state index is -0.362. The number of benzene rings is 3. The highest BCUT2D eigenvalue weighted by Crippen LogP contribution is 2.31. The van der Waals surface area contributed by atoms with Gasteiger partial charge in [0, 0.05) is 41.2 Å². The van der Waals surface area contributed by atoms with Crippen molar-refractivity contribution >= 4 is 28.0 Å². The van der Waals surface area contributed by atoms with Crippen molar-refractivity contribution in [2.75, 3.05) is 18.0 Å².